The van der Waals surface area contributed by atoms with Crippen LogP contribution in [-0.4, -0.2) is 27.5 Å². The molecule has 0 atom stereocenters. The van der Waals surface area contributed by atoms with E-state index in [-0.39, 0.29) is 16.5 Å². The molecule has 0 bridgehead atoms. The molecule has 1 aliphatic carbocycles. The highest BCUT2D eigenvalue weighted by atomic mass is 32.2. The molecule has 0 aromatic heterocycles. The zero-order valence-electron chi connectivity index (χ0n) is 12.0. The third kappa shape index (κ3) is 3.74. The maximum Gasteiger partial charge on any atom is 0.339 e. The Kier molecular flexibility index (Phi) is 4.84. The summed E-state index contributed by atoms with van der Waals surface area (Å²) in [6, 6.07) is 4.04. The fraction of sp³-hybridized carbons (Fsp3) is 0.500. The van der Waals surface area contributed by atoms with E-state index in [2.05, 4.69) is 9.46 Å². The largest absolute Gasteiger partial charge is 0.465 e. The van der Waals surface area contributed by atoms with Crippen molar-refractivity contribution in [3.05, 3.63) is 23.8 Å². The zero-order chi connectivity index (χ0) is 15.5. The van der Waals surface area contributed by atoms with Crippen LogP contribution in [-0.2, 0) is 14.8 Å². The second-order valence-electron chi connectivity index (χ2n) is 5.20. The molecule has 0 heterocycles. The van der Waals surface area contributed by atoms with Gasteiger partial charge in [0.1, 0.15) is 0 Å². The third-order valence-electron chi connectivity index (χ3n) is 3.63. The molecule has 0 saturated heterocycles. The van der Waals surface area contributed by atoms with Gasteiger partial charge in [0.2, 0.25) is 10.0 Å². The van der Waals surface area contributed by atoms with Crippen LogP contribution in [0.4, 0.5) is 5.69 Å². The highest BCUT2D eigenvalue weighted by Crippen LogP contribution is 2.23. The Hall–Kier alpha value is -1.60. The van der Waals surface area contributed by atoms with Gasteiger partial charge in [-0.1, -0.05) is 19.3 Å². The molecule has 0 radical (unpaired) electrons. The minimum Gasteiger partial charge on any atom is -0.465 e. The van der Waals surface area contributed by atoms with E-state index in [0.717, 1.165) is 32.1 Å². The molecule has 7 heteroatoms. The van der Waals surface area contributed by atoms with E-state index in [1.165, 1.54) is 25.3 Å². The van der Waals surface area contributed by atoms with Crippen LogP contribution in [0.3, 0.4) is 0 Å². The number of nitrogen functional groups attached to an aromatic ring is 1. The first-order valence-corrected chi connectivity index (χ1v) is 8.42. The molecule has 1 saturated carbocycles. The number of benzene rings is 1. The predicted molar refractivity (Wildman–Crippen MR) is 79.4 cm³/mol. The van der Waals surface area contributed by atoms with Gasteiger partial charge in [-0.25, -0.2) is 17.9 Å². The number of sulfonamides is 1. The number of ether oxygens (including phenoxy) is 1. The van der Waals surface area contributed by atoms with Crippen LogP contribution in [0.1, 0.15) is 42.5 Å². The zero-order valence-corrected chi connectivity index (χ0v) is 12.8. The van der Waals surface area contributed by atoms with Gasteiger partial charge in [0.25, 0.3) is 0 Å². The fourth-order valence-corrected chi connectivity index (χ4v) is 4.04. The predicted octanol–water partition coefficient (Wildman–Crippen LogP) is 1.67. The maximum atomic E-state index is 12.5. The highest BCUT2D eigenvalue weighted by molar-refractivity contribution is 7.89. The van der Waals surface area contributed by atoms with Gasteiger partial charge < -0.3 is 10.5 Å². The van der Waals surface area contributed by atoms with Crippen molar-refractivity contribution in [3.8, 4) is 0 Å². The summed E-state index contributed by atoms with van der Waals surface area (Å²) in [6.07, 6.45) is 4.80. The van der Waals surface area contributed by atoms with E-state index in [0.29, 0.717) is 5.69 Å². The van der Waals surface area contributed by atoms with Gasteiger partial charge in [-0.05, 0) is 31.0 Å². The summed E-state index contributed by atoms with van der Waals surface area (Å²) in [7, 11) is -2.56. The lowest BCUT2D eigenvalue weighted by Crippen LogP contribution is -2.36. The molecule has 1 aromatic rings. The Labute approximate surface area is 124 Å². The normalized spacial score (nSPS) is 16.6. The molecule has 1 aliphatic rings. The molecule has 2 rings (SSSR count). The van der Waals surface area contributed by atoms with Crippen molar-refractivity contribution in [2.24, 2.45) is 0 Å². The van der Waals surface area contributed by atoms with E-state index in [1.807, 2.05) is 0 Å². The number of hydrogen-bond acceptors (Lipinski definition) is 5. The molecule has 21 heavy (non-hydrogen) atoms. The van der Waals surface area contributed by atoms with Gasteiger partial charge >= 0.3 is 5.97 Å². The summed E-state index contributed by atoms with van der Waals surface area (Å²) in [5.41, 5.74) is 5.90. The summed E-state index contributed by atoms with van der Waals surface area (Å²) in [5.74, 6) is -0.716. The molecule has 3 N–H and O–H groups in total. The van der Waals surface area contributed by atoms with Crippen molar-refractivity contribution in [1.82, 2.24) is 4.72 Å². The quantitative estimate of drug-likeness (QED) is 0.651. The van der Waals surface area contributed by atoms with E-state index in [9.17, 15) is 13.2 Å². The Bertz CT molecular complexity index is 622. The lowest BCUT2D eigenvalue weighted by Gasteiger charge is -2.23. The van der Waals surface area contributed by atoms with Crippen molar-refractivity contribution < 1.29 is 17.9 Å². The Balaban J connectivity index is 2.32. The van der Waals surface area contributed by atoms with Gasteiger partial charge in [-0.15, -0.1) is 0 Å². The van der Waals surface area contributed by atoms with Crippen LogP contribution >= 0.6 is 0 Å². The van der Waals surface area contributed by atoms with Crippen molar-refractivity contribution >= 4 is 21.7 Å². The molecule has 116 valence electrons. The van der Waals surface area contributed by atoms with Gasteiger partial charge in [-0.3, -0.25) is 0 Å². The number of nitrogens with one attached hydrogen (secondary N) is 1. The van der Waals surface area contributed by atoms with Gasteiger partial charge in [0.15, 0.2) is 0 Å². The molecule has 0 unspecified atom stereocenters. The van der Waals surface area contributed by atoms with E-state index in [4.69, 9.17) is 5.73 Å². The minimum absolute atomic E-state index is 0.0409. The number of anilines is 1. The van der Waals surface area contributed by atoms with Crippen LogP contribution in [0.5, 0.6) is 0 Å². The average Bonchev–Trinajstić information content (AvgIpc) is 2.46. The monoisotopic (exact) mass is 312 g/mol. The van der Waals surface area contributed by atoms with Gasteiger partial charge in [0, 0.05) is 11.7 Å². The molecule has 0 aliphatic heterocycles. The second-order valence-corrected chi connectivity index (χ2v) is 6.89. The minimum atomic E-state index is -3.77. The van der Waals surface area contributed by atoms with Crippen LogP contribution in [0, 0.1) is 0 Å². The summed E-state index contributed by atoms with van der Waals surface area (Å²) >= 11 is 0. The summed E-state index contributed by atoms with van der Waals surface area (Å²) in [4.78, 5) is 11.7. The topological polar surface area (TPSA) is 98.5 Å². The molecule has 0 spiro atoms. The van der Waals surface area contributed by atoms with E-state index >= 15 is 0 Å². The van der Waals surface area contributed by atoms with Crippen LogP contribution in [0.15, 0.2) is 23.1 Å². The highest BCUT2D eigenvalue weighted by Gasteiger charge is 2.26. The standard InChI is InChI=1S/C14H20N2O4S/c1-20-14(17)12-9-10(15)7-8-13(12)21(18,19)16-11-5-3-2-4-6-11/h7-9,11,16H,2-6,15H2,1H3. The molecule has 6 nitrogen and oxygen atoms in total. The van der Waals surface area contributed by atoms with E-state index < -0.39 is 16.0 Å². The van der Waals surface area contributed by atoms with Crippen molar-refractivity contribution in [2.75, 3.05) is 12.8 Å². The first-order valence-electron chi connectivity index (χ1n) is 6.94. The lowest BCUT2D eigenvalue weighted by molar-refractivity contribution is 0.0596. The fourth-order valence-electron chi connectivity index (χ4n) is 2.55. The molecule has 0 amide bonds. The number of methoxy groups -OCH3 is 1. The maximum absolute atomic E-state index is 12.5. The summed E-state index contributed by atoms with van der Waals surface area (Å²) < 4.78 is 32.3. The number of esters is 1. The number of rotatable bonds is 4. The van der Waals surface area contributed by atoms with Gasteiger partial charge in [0.05, 0.1) is 17.6 Å². The second kappa shape index (κ2) is 6.44. The first kappa shape index (κ1) is 15.8. The average molecular weight is 312 g/mol. The van der Waals surface area contributed by atoms with Gasteiger partial charge in [-0.2, -0.15) is 0 Å². The number of nitrogens with two attached hydrogens (primary N) is 1. The molecule has 1 aromatic carbocycles. The number of carbonyl (C=O) groups excluding carboxylic acids is 1. The van der Waals surface area contributed by atoms with Crippen LogP contribution in [0.2, 0.25) is 0 Å². The molecular weight excluding hydrogens is 292 g/mol. The molecule has 1 fully saturated rings. The number of carbonyl (C=O) groups is 1. The van der Waals surface area contributed by atoms with E-state index in [1.54, 1.807) is 0 Å². The number of hydrogen-bond donors (Lipinski definition) is 2. The van der Waals surface area contributed by atoms with Crippen molar-refractivity contribution in [1.29, 1.82) is 0 Å². The molecular formula is C14H20N2O4S. The Morgan fingerprint density at radius 2 is 1.95 bits per heavy atom. The Morgan fingerprint density at radius 1 is 1.29 bits per heavy atom. The van der Waals surface area contributed by atoms with Crippen molar-refractivity contribution in [3.63, 3.8) is 0 Å². The van der Waals surface area contributed by atoms with Crippen LogP contribution in [0.25, 0.3) is 0 Å². The SMILES string of the molecule is COC(=O)c1cc(N)ccc1S(=O)(=O)NC1CCCCC1. The summed E-state index contributed by atoms with van der Waals surface area (Å²) in [6.45, 7) is 0. The third-order valence-corrected chi connectivity index (χ3v) is 5.20. The lowest BCUT2D eigenvalue weighted by atomic mass is 9.96. The van der Waals surface area contributed by atoms with Crippen molar-refractivity contribution in [2.45, 2.75) is 43.0 Å². The Morgan fingerprint density at radius 3 is 2.57 bits per heavy atom. The first-order chi connectivity index (χ1) is 9.94. The smallest absolute Gasteiger partial charge is 0.339 e. The summed E-state index contributed by atoms with van der Waals surface area (Å²) in [5, 5.41) is 0. The van der Waals surface area contributed by atoms with Crippen LogP contribution < -0.4 is 10.5 Å².